The third-order valence-electron chi connectivity index (χ3n) is 4.06. The average molecular weight is 447 g/mol. The molecule has 4 unspecified atom stereocenters. The van der Waals surface area contributed by atoms with Crippen LogP contribution in [-0.4, -0.2) is 81.7 Å². The summed E-state index contributed by atoms with van der Waals surface area (Å²) in [6.07, 6.45) is -0.387. The normalized spacial score (nSPS) is 14.4. The van der Waals surface area contributed by atoms with E-state index in [1.165, 1.54) is 0 Å². The Morgan fingerprint density at radius 3 is 1.65 bits per heavy atom. The fraction of sp³-hybridized carbons (Fsp3) is 0.647. The minimum absolute atomic E-state index is 0.238. The Labute approximate surface area is 177 Å². The Bertz CT molecular complexity index is 685. The van der Waals surface area contributed by atoms with Gasteiger partial charge in [0.25, 0.3) is 0 Å². The summed E-state index contributed by atoms with van der Waals surface area (Å²) in [6.45, 7) is 1.52. The van der Waals surface area contributed by atoms with Crippen LogP contribution in [0.25, 0.3) is 0 Å². The van der Waals surface area contributed by atoms with E-state index in [1.54, 1.807) is 0 Å². The van der Waals surface area contributed by atoms with E-state index < -0.39 is 72.6 Å². The predicted octanol–water partition coefficient (Wildman–Crippen LogP) is -3.05. The van der Waals surface area contributed by atoms with Gasteiger partial charge in [-0.25, -0.2) is 0 Å². The molecule has 0 fully saturated rings. The fourth-order valence-corrected chi connectivity index (χ4v) is 2.33. The van der Waals surface area contributed by atoms with Crippen LogP contribution in [0.5, 0.6) is 0 Å². The number of nitrogens with one attached hydrogen (secondary N) is 3. The van der Waals surface area contributed by atoms with E-state index in [-0.39, 0.29) is 6.42 Å². The van der Waals surface area contributed by atoms with Crippen LogP contribution in [0.3, 0.4) is 0 Å². The summed E-state index contributed by atoms with van der Waals surface area (Å²) in [7, 11) is 0. The summed E-state index contributed by atoms with van der Waals surface area (Å²) in [5.41, 5.74) is 11.1. The quantitative estimate of drug-likeness (QED) is 0.117. The van der Waals surface area contributed by atoms with Crippen molar-refractivity contribution in [2.75, 3.05) is 6.54 Å². The highest BCUT2D eigenvalue weighted by atomic mass is 16.4. The van der Waals surface area contributed by atoms with Crippen molar-refractivity contribution in [2.45, 2.75) is 63.2 Å². The highest BCUT2D eigenvalue weighted by molar-refractivity contribution is 5.96. The molecule has 0 aromatic carbocycles. The van der Waals surface area contributed by atoms with Gasteiger partial charge < -0.3 is 42.7 Å². The van der Waals surface area contributed by atoms with E-state index >= 15 is 0 Å². The molecule has 10 N–H and O–H groups in total. The lowest BCUT2D eigenvalue weighted by molar-refractivity contribution is -0.144. The average Bonchev–Trinajstić information content (AvgIpc) is 2.65. The van der Waals surface area contributed by atoms with Gasteiger partial charge in [-0.05, 0) is 26.3 Å². The fourth-order valence-electron chi connectivity index (χ4n) is 2.33. The number of amides is 3. The number of hydrogen-bond donors (Lipinski definition) is 8. The van der Waals surface area contributed by atoms with Crippen LogP contribution < -0.4 is 27.4 Å². The summed E-state index contributed by atoms with van der Waals surface area (Å²) in [5.74, 6) is -7.38. The molecule has 0 aliphatic carbocycles. The number of unbranched alkanes of at least 4 members (excludes halogenated alkanes) is 1. The molecule has 0 spiro atoms. The minimum atomic E-state index is -1.71. The summed E-state index contributed by atoms with van der Waals surface area (Å²) < 4.78 is 0. The number of carbonyl (C=O) groups is 6. The largest absolute Gasteiger partial charge is 0.481 e. The molecule has 31 heavy (non-hydrogen) atoms. The van der Waals surface area contributed by atoms with Crippen molar-refractivity contribution in [1.82, 2.24) is 16.0 Å². The molecule has 0 aliphatic rings. The van der Waals surface area contributed by atoms with Crippen molar-refractivity contribution in [3.8, 4) is 0 Å². The molecule has 3 amide bonds. The van der Waals surface area contributed by atoms with Gasteiger partial charge in [0, 0.05) is 0 Å². The molecular formula is C17H29N5O9. The van der Waals surface area contributed by atoms with E-state index in [9.17, 15) is 28.8 Å². The molecule has 0 aromatic heterocycles. The van der Waals surface area contributed by atoms with Crippen molar-refractivity contribution >= 4 is 35.6 Å². The lowest BCUT2D eigenvalue weighted by atomic mass is 10.1. The lowest BCUT2D eigenvalue weighted by Crippen LogP contribution is -2.57. The van der Waals surface area contributed by atoms with Gasteiger partial charge in [-0.1, -0.05) is 6.42 Å². The van der Waals surface area contributed by atoms with Crippen molar-refractivity contribution in [2.24, 2.45) is 11.5 Å². The molecule has 0 radical (unpaired) electrons. The van der Waals surface area contributed by atoms with Gasteiger partial charge in [0.2, 0.25) is 17.7 Å². The van der Waals surface area contributed by atoms with Gasteiger partial charge in [0.15, 0.2) is 0 Å². The van der Waals surface area contributed by atoms with Crippen molar-refractivity contribution in [1.29, 1.82) is 0 Å². The van der Waals surface area contributed by atoms with Crippen LogP contribution in [0.2, 0.25) is 0 Å². The van der Waals surface area contributed by atoms with Crippen LogP contribution in [0.15, 0.2) is 0 Å². The number of nitrogens with two attached hydrogens (primary N) is 2. The summed E-state index contributed by atoms with van der Waals surface area (Å²) >= 11 is 0. The Morgan fingerprint density at radius 2 is 1.23 bits per heavy atom. The monoisotopic (exact) mass is 447 g/mol. The maximum Gasteiger partial charge on any atom is 0.325 e. The Hall–Kier alpha value is -3.26. The summed E-state index contributed by atoms with van der Waals surface area (Å²) in [5, 5.41) is 33.0. The summed E-state index contributed by atoms with van der Waals surface area (Å²) in [4.78, 5) is 69.8. The Kier molecular flexibility index (Phi) is 12.4. The van der Waals surface area contributed by atoms with E-state index in [1.807, 2.05) is 10.6 Å². The zero-order chi connectivity index (χ0) is 24.1. The number of hydrogen-bond acceptors (Lipinski definition) is 8. The van der Waals surface area contributed by atoms with E-state index in [0.29, 0.717) is 19.4 Å². The minimum Gasteiger partial charge on any atom is -0.481 e. The van der Waals surface area contributed by atoms with Gasteiger partial charge >= 0.3 is 17.9 Å². The highest BCUT2D eigenvalue weighted by Gasteiger charge is 2.31. The maximum absolute atomic E-state index is 12.5. The third kappa shape index (κ3) is 11.5. The molecule has 0 saturated carbocycles. The van der Waals surface area contributed by atoms with Crippen molar-refractivity contribution in [3.05, 3.63) is 0 Å². The SMILES string of the molecule is CC(NC(=O)C(CC(=O)O)NC(=O)C(CC(=O)O)NC(=O)C(N)CCCCN)C(=O)O. The van der Waals surface area contributed by atoms with Crippen molar-refractivity contribution in [3.63, 3.8) is 0 Å². The number of carboxylic acid groups (broad SMARTS) is 3. The molecule has 0 rings (SSSR count). The summed E-state index contributed by atoms with van der Waals surface area (Å²) in [6, 6.07) is -5.77. The molecule has 0 aliphatic heterocycles. The number of carboxylic acids is 3. The van der Waals surface area contributed by atoms with Crippen molar-refractivity contribution < 1.29 is 44.1 Å². The van der Waals surface area contributed by atoms with Gasteiger partial charge in [-0.3, -0.25) is 28.8 Å². The molecule has 0 aromatic rings. The van der Waals surface area contributed by atoms with Crippen LogP contribution in [0, 0.1) is 0 Å². The predicted molar refractivity (Wildman–Crippen MR) is 104 cm³/mol. The Balaban J connectivity index is 5.30. The van der Waals surface area contributed by atoms with E-state index in [2.05, 4.69) is 5.32 Å². The van der Waals surface area contributed by atoms with Gasteiger partial charge in [0.05, 0.1) is 18.9 Å². The first-order valence-electron chi connectivity index (χ1n) is 9.42. The highest BCUT2D eigenvalue weighted by Crippen LogP contribution is 2.02. The standard InChI is InChI=1S/C17H29N5O9/c1-8(17(30)31)20-15(28)10(6-12(23)24)22-16(29)11(7-13(25)26)21-14(27)9(19)4-2-3-5-18/h8-11H,2-7,18-19H2,1H3,(H,20,28)(H,21,27)(H,22,29)(H,23,24)(H,25,26)(H,30,31). The molecule has 14 nitrogen and oxygen atoms in total. The number of rotatable bonds is 15. The molecule has 14 heteroatoms. The first-order chi connectivity index (χ1) is 14.4. The molecule has 0 heterocycles. The first-order valence-corrected chi connectivity index (χ1v) is 9.42. The molecule has 0 bridgehead atoms. The van der Waals surface area contributed by atoms with Crippen LogP contribution in [0.4, 0.5) is 0 Å². The molecule has 176 valence electrons. The van der Waals surface area contributed by atoms with E-state index in [0.717, 1.165) is 6.92 Å². The number of aliphatic carboxylic acids is 3. The van der Waals surface area contributed by atoms with Gasteiger partial charge in [-0.15, -0.1) is 0 Å². The van der Waals surface area contributed by atoms with E-state index in [4.69, 9.17) is 26.8 Å². The first kappa shape index (κ1) is 27.7. The van der Waals surface area contributed by atoms with Crippen LogP contribution in [-0.2, 0) is 28.8 Å². The van der Waals surface area contributed by atoms with Crippen LogP contribution >= 0.6 is 0 Å². The molecular weight excluding hydrogens is 418 g/mol. The molecule has 4 atom stereocenters. The smallest absolute Gasteiger partial charge is 0.325 e. The maximum atomic E-state index is 12.5. The molecule has 0 saturated heterocycles. The Morgan fingerprint density at radius 1 is 0.774 bits per heavy atom. The second kappa shape index (κ2) is 13.9. The van der Waals surface area contributed by atoms with Gasteiger partial charge in [-0.2, -0.15) is 0 Å². The number of carbonyl (C=O) groups excluding carboxylic acids is 3. The van der Waals surface area contributed by atoms with Gasteiger partial charge in [0.1, 0.15) is 18.1 Å². The second-order valence-corrected chi connectivity index (χ2v) is 6.78. The second-order valence-electron chi connectivity index (χ2n) is 6.78. The topological polar surface area (TPSA) is 251 Å². The lowest BCUT2D eigenvalue weighted by Gasteiger charge is -2.23. The zero-order valence-corrected chi connectivity index (χ0v) is 17.0. The van der Waals surface area contributed by atoms with Crippen LogP contribution in [0.1, 0.15) is 39.0 Å². The zero-order valence-electron chi connectivity index (χ0n) is 17.0. The third-order valence-corrected chi connectivity index (χ3v) is 4.06.